The molecule has 10 nitrogen and oxygen atoms in total. The number of likely N-dealkylation sites (tertiary alicyclic amines) is 1. The van der Waals surface area contributed by atoms with E-state index in [0.29, 0.717) is 28.2 Å². The van der Waals surface area contributed by atoms with Gasteiger partial charge in [-0.05, 0) is 58.9 Å². The van der Waals surface area contributed by atoms with Crippen molar-refractivity contribution in [1.82, 2.24) is 14.9 Å². The number of halogens is 1. The molecule has 210 valence electrons. The summed E-state index contributed by atoms with van der Waals surface area (Å²) in [5.41, 5.74) is -1.27. The van der Waals surface area contributed by atoms with Gasteiger partial charge < -0.3 is 34.6 Å². The second kappa shape index (κ2) is 10.4. The molecule has 4 rings (SSSR count). The molecule has 1 aliphatic rings. The summed E-state index contributed by atoms with van der Waals surface area (Å²) in [5.74, 6) is 0.170. The number of benzene rings is 2. The Kier molecular flexibility index (Phi) is 7.48. The molecule has 2 atom stereocenters. The van der Waals surface area contributed by atoms with Gasteiger partial charge in [0.1, 0.15) is 23.0 Å². The lowest BCUT2D eigenvalue weighted by Crippen LogP contribution is -2.42. The fourth-order valence-electron chi connectivity index (χ4n) is 4.69. The third-order valence-corrected chi connectivity index (χ3v) is 6.60. The molecule has 3 N–H and O–H groups in total. The number of aromatic nitrogens is 2. The Morgan fingerprint density at radius 3 is 2.33 bits per heavy atom. The number of rotatable bonds is 6. The third kappa shape index (κ3) is 6.08. The van der Waals surface area contributed by atoms with Gasteiger partial charge in [-0.1, -0.05) is 0 Å². The smallest absolute Gasteiger partial charge is 0.410 e. The van der Waals surface area contributed by atoms with Gasteiger partial charge in [-0.3, -0.25) is 0 Å². The molecule has 0 radical (unpaired) electrons. The molecule has 1 amide bonds. The topological polar surface area (TPSA) is 126 Å². The van der Waals surface area contributed by atoms with E-state index in [2.05, 4.69) is 15.3 Å². The number of aromatic hydroxyl groups is 1. The van der Waals surface area contributed by atoms with Gasteiger partial charge in [-0.15, -0.1) is 0 Å². The van der Waals surface area contributed by atoms with Crippen LogP contribution in [0.2, 0.25) is 0 Å². The molecule has 1 aromatic heterocycles. The predicted molar refractivity (Wildman–Crippen MR) is 145 cm³/mol. The van der Waals surface area contributed by atoms with Crippen molar-refractivity contribution in [2.75, 3.05) is 32.6 Å². The highest BCUT2D eigenvalue weighted by molar-refractivity contribution is 5.93. The van der Waals surface area contributed by atoms with Gasteiger partial charge >= 0.3 is 6.09 Å². The van der Waals surface area contributed by atoms with E-state index in [-0.39, 0.29) is 36.1 Å². The van der Waals surface area contributed by atoms with E-state index in [9.17, 15) is 19.4 Å². The van der Waals surface area contributed by atoms with E-state index >= 15 is 0 Å². The molecule has 39 heavy (non-hydrogen) atoms. The molecule has 0 saturated carbocycles. The molecule has 0 aliphatic carbocycles. The highest BCUT2D eigenvalue weighted by Crippen LogP contribution is 2.38. The highest BCUT2D eigenvalue weighted by Gasteiger charge is 2.44. The monoisotopic (exact) mass is 542 g/mol. The number of anilines is 1. The largest absolute Gasteiger partial charge is 0.507 e. The second-order valence-electron chi connectivity index (χ2n) is 11.2. The summed E-state index contributed by atoms with van der Waals surface area (Å²) < 4.78 is 30.6. The van der Waals surface area contributed by atoms with E-state index in [1.807, 2.05) is 0 Å². The Morgan fingerprint density at radius 2 is 1.72 bits per heavy atom. The number of nitrogens with zero attached hydrogens (tertiary/aromatic N) is 3. The van der Waals surface area contributed by atoms with Crippen LogP contribution >= 0.6 is 0 Å². The number of carbonyl (C=O) groups is 1. The van der Waals surface area contributed by atoms with E-state index in [1.54, 1.807) is 51.7 Å². The first-order chi connectivity index (χ1) is 18.2. The molecule has 2 heterocycles. The SMILES string of the molecule is COc1cc2nc(-c3cc(F)ccc3O)nc(NC3CN(C(=O)OC(C)(C)C)CC3C(C)(C)O)c2cc1OC. The average Bonchev–Trinajstić information content (AvgIpc) is 3.28. The van der Waals surface area contributed by atoms with Crippen LogP contribution in [0.25, 0.3) is 22.3 Å². The lowest BCUT2D eigenvalue weighted by molar-refractivity contribution is 0.01000. The molecular formula is C28H35FN4O6. The summed E-state index contributed by atoms with van der Waals surface area (Å²) in [6, 6.07) is 6.48. The summed E-state index contributed by atoms with van der Waals surface area (Å²) in [7, 11) is 3.01. The minimum Gasteiger partial charge on any atom is -0.507 e. The first-order valence-corrected chi connectivity index (χ1v) is 12.6. The zero-order valence-electron chi connectivity index (χ0n) is 23.2. The number of fused-ring (bicyclic) bond motifs is 1. The summed E-state index contributed by atoms with van der Waals surface area (Å²) in [5, 5.41) is 25.4. The minimum absolute atomic E-state index is 0.0797. The first-order valence-electron chi connectivity index (χ1n) is 12.6. The molecule has 0 bridgehead atoms. The van der Waals surface area contributed by atoms with Gasteiger partial charge in [0.05, 0.1) is 36.9 Å². The molecule has 11 heteroatoms. The first kappa shape index (κ1) is 28.2. The lowest BCUT2D eigenvalue weighted by atomic mass is 9.87. The zero-order valence-corrected chi connectivity index (χ0v) is 23.2. The molecule has 2 unspecified atom stereocenters. The number of nitrogens with one attached hydrogen (secondary N) is 1. The number of phenols is 1. The predicted octanol–water partition coefficient (Wildman–Crippen LogP) is 4.58. The molecule has 3 aromatic rings. The van der Waals surface area contributed by atoms with Gasteiger partial charge in [0.25, 0.3) is 0 Å². The number of methoxy groups -OCH3 is 2. The van der Waals surface area contributed by atoms with Crippen LogP contribution < -0.4 is 14.8 Å². The van der Waals surface area contributed by atoms with Crippen LogP contribution in [0.4, 0.5) is 15.0 Å². The van der Waals surface area contributed by atoms with Crippen LogP contribution in [0, 0.1) is 11.7 Å². The number of aliphatic hydroxyl groups is 1. The van der Waals surface area contributed by atoms with Crippen LogP contribution in [0.1, 0.15) is 34.6 Å². The Bertz CT molecular complexity index is 1390. The highest BCUT2D eigenvalue weighted by atomic mass is 19.1. The zero-order chi connectivity index (χ0) is 28.7. The van der Waals surface area contributed by atoms with Crippen molar-refractivity contribution in [3.8, 4) is 28.6 Å². The van der Waals surface area contributed by atoms with Crippen LogP contribution in [-0.4, -0.2) is 75.7 Å². The molecule has 1 saturated heterocycles. The van der Waals surface area contributed by atoms with Crippen LogP contribution in [0.3, 0.4) is 0 Å². The standard InChI is InChI=1S/C28H35FN4O6/c1-27(2,3)39-26(35)33-13-18(28(4,5)36)20(14-33)31-24-16-11-22(37-6)23(38-7)12-19(16)30-25(32-24)17-10-15(29)8-9-21(17)34/h8-12,18,20,34,36H,13-14H2,1-7H3,(H,30,31,32). The van der Waals surface area contributed by atoms with Crippen molar-refractivity contribution in [2.24, 2.45) is 5.92 Å². The molecule has 1 aliphatic heterocycles. The molecule has 0 spiro atoms. The Hall–Kier alpha value is -3.86. The maximum Gasteiger partial charge on any atom is 0.410 e. The Balaban J connectivity index is 1.82. The summed E-state index contributed by atoms with van der Waals surface area (Å²) >= 11 is 0. The quantitative estimate of drug-likeness (QED) is 0.410. The van der Waals surface area contributed by atoms with Crippen molar-refractivity contribution in [3.63, 3.8) is 0 Å². The van der Waals surface area contributed by atoms with Crippen LogP contribution in [0.5, 0.6) is 17.2 Å². The van der Waals surface area contributed by atoms with Gasteiger partial charge in [0.2, 0.25) is 0 Å². The fourth-order valence-corrected chi connectivity index (χ4v) is 4.69. The normalized spacial score (nSPS) is 17.8. The van der Waals surface area contributed by atoms with Gasteiger partial charge in [-0.2, -0.15) is 0 Å². The lowest BCUT2D eigenvalue weighted by Gasteiger charge is -2.30. The molecule has 1 fully saturated rings. The minimum atomic E-state index is -1.15. The number of ether oxygens (including phenoxy) is 3. The molecule has 2 aromatic carbocycles. The third-order valence-electron chi connectivity index (χ3n) is 6.60. The number of hydrogen-bond acceptors (Lipinski definition) is 9. The Morgan fingerprint density at radius 1 is 1.05 bits per heavy atom. The summed E-state index contributed by atoms with van der Waals surface area (Å²) in [6.45, 7) is 9.25. The van der Waals surface area contributed by atoms with Gasteiger partial charge in [-0.25, -0.2) is 19.2 Å². The fraction of sp³-hybridized carbons (Fsp3) is 0.464. The molecular weight excluding hydrogens is 507 g/mol. The van der Waals surface area contributed by atoms with E-state index in [1.165, 1.54) is 20.3 Å². The second-order valence-corrected chi connectivity index (χ2v) is 11.2. The van der Waals surface area contributed by atoms with Crippen molar-refractivity contribution in [1.29, 1.82) is 0 Å². The number of amides is 1. The van der Waals surface area contributed by atoms with Crippen molar-refractivity contribution >= 4 is 22.8 Å². The number of carbonyl (C=O) groups excluding carboxylic acids is 1. The summed E-state index contributed by atoms with van der Waals surface area (Å²) in [6.07, 6.45) is -0.481. The van der Waals surface area contributed by atoms with Crippen molar-refractivity contribution in [3.05, 3.63) is 36.1 Å². The van der Waals surface area contributed by atoms with E-state index in [4.69, 9.17) is 14.2 Å². The van der Waals surface area contributed by atoms with Gasteiger partial charge in [0.15, 0.2) is 17.3 Å². The van der Waals surface area contributed by atoms with Crippen LogP contribution in [0.15, 0.2) is 30.3 Å². The average molecular weight is 543 g/mol. The summed E-state index contributed by atoms with van der Waals surface area (Å²) in [4.78, 5) is 23.7. The number of hydrogen-bond donors (Lipinski definition) is 3. The number of phenolic OH excluding ortho intramolecular Hbond substituents is 1. The van der Waals surface area contributed by atoms with Crippen LogP contribution in [-0.2, 0) is 4.74 Å². The van der Waals surface area contributed by atoms with E-state index in [0.717, 1.165) is 12.1 Å². The Labute approximate surface area is 226 Å². The maximum atomic E-state index is 14.1. The van der Waals surface area contributed by atoms with Gasteiger partial charge in [0, 0.05) is 30.5 Å². The van der Waals surface area contributed by atoms with Crippen molar-refractivity contribution < 1.29 is 33.6 Å². The maximum absolute atomic E-state index is 14.1. The van der Waals surface area contributed by atoms with Crippen molar-refractivity contribution in [2.45, 2.75) is 51.9 Å². The van der Waals surface area contributed by atoms with E-state index < -0.39 is 29.2 Å².